The molecule has 0 aromatic heterocycles. The zero-order valence-corrected chi connectivity index (χ0v) is 17.7. The van der Waals surface area contributed by atoms with Gasteiger partial charge in [0.25, 0.3) is 16.8 Å². The molecule has 0 atom stereocenters. The van der Waals surface area contributed by atoms with Crippen LogP contribution in [0.15, 0.2) is 47.4 Å². The number of rotatable bonds is 9. The lowest BCUT2D eigenvalue weighted by atomic mass is 10.1. The Morgan fingerprint density at radius 1 is 1.19 bits per heavy atom. The van der Waals surface area contributed by atoms with Gasteiger partial charge in [-0.25, -0.2) is 4.79 Å². The Balaban J connectivity index is 1.91. The van der Waals surface area contributed by atoms with Crippen molar-refractivity contribution in [2.24, 2.45) is 0 Å². The summed E-state index contributed by atoms with van der Waals surface area (Å²) in [6.45, 7) is 1.19. The van der Waals surface area contributed by atoms with Crippen molar-refractivity contribution in [3.05, 3.63) is 68.6 Å². The molecule has 11 heteroatoms. The average Bonchev–Trinajstić information content (AvgIpc) is 3.01. The van der Waals surface area contributed by atoms with Gasteiger partial charge in [-0.1, -0.05) is 30.3 Å². The van der Waals surface area contributed by atoms with Crippen LogP contribution in [0.3, 0.4) is 0 Å². The molecule has 0 unspecified atom stereocenters. The number of imide groups is 1. The SMILES string of the molecule is CCOc1cccc(/C=C2\SC(=O)N(Cc3ccccc3[N+](=O)[O-])C2=O)c1OCC(=O)O. The molecule has 1 saturated heterocycles. The van der Waals surface area contributed by atoms with Crippen LogP contribution in [-0.2, 0) is 16.1 Å². The van der Waals surface area contributed by atoms with E-state index in [1.807, 2.05) is 0 Å². The fraction of sp³-hybridized carbons (Fsp3) is 0.190. The van der Waals surface area contributed by atoms with Gasteiger partial charge in [-0.05, 0) is 30.8 Å². The minimum absolute atomic E-state index is 0.0717. The number of thioether (sulfide) groups is 1. The summed E-state index contributed by atoms with van der Waals surface area (Å²) >= 11 is 0.678. The van der Waals surface area contributed by atoms with E-state index in [9.17, 15) is 24.5 Å². The number of ether oxygens (including phenoxy) is 2. The van der Waals surface area contributed by atoms with Gasteiger partial charge >= 0.3 is 5.97 Å². The smallest absolute Gasteiger partial charge is 0.341 e. The van der Waals surface area contributed by atoms with E-state index in [1.54, 1.807) is 31.2 Å². The zero-order chi connectivity index (χ0) is 23.3. The molecule has 1 heterocycles. The maximum atomic E-state index is 12.9. The summed E-state index contributed by atoms with van der Waals surface area (Å²) in [5.41, 5.74) is 0.391. The van der Waals surface area contributed by atoms with Crippen molar-refractivity contribution in [1.82, 2.24) is 4.90 Å². The summed E-state index contributed by atoms with van der Waals surface area (Å²) in [6.07, 6.45) is 1.41. The number of hydrogen-bond acceptors (Lipinski definition) is 8. The van der Waals surface area contributed by atoms with Crippen LogP contribution in [0.25, 0.3) is 6.08 Å². The normalized spacial score (nSPS) is 14.7. The van der Waals surface area contributed by atoms with E-state index in [0.717, 1.165) is 4.90 Å². The van der Waals surface area contributed by atoms with Gasteiger partial charge in [-0.3, -0.25) is 24.6 Å². The largest absolute Gasteiger partial charge is 0.490 e. The summed E-state index contributed by atoms with van der Waals surface area (Å²) < 4.78 is 10.8. The van der Waals surface area contributed by atoms with Crippen molar-refractivity contribution in [2.45, 2.75) is 13.5 Å². The van der Waals surface area contributed by atoms with E-state index in [4.69, 9.17) is 14.6 Å². The minimum atomic E-state index is -1.19. The molecule has 1 fully saturated rings. The molecule has 1 aliphatic heterocycles. The number of nitro groups is 1. The van der Waals surface area contributed by atoms with Gasteiger partial charge in [0.1, 0.15) is 0 Å². The number of amides is 2. The summed E-state index contributed by atoms with van der Waals surface area (Å²) in [5.74, 6) is -1.39. The fourth-order valence-corrected chi connectivity index (χ4v) is 3.80. The van der Waals surface area contributed by atoms with Crippen LogP contribution < -0.4 is 9.47 Å². The summed E-state index contributed by atoms with van der Waals surface area (Å²) in [4.78, 5) is 47.9. The Morgan fingerprint density at radius 2 is 1.94 bits per heavy atom. The Labute approximate surface area is 186 Å². The fourth-order valence-electron chi connectivity index (χ4n) is 2.97. The molecule has 0 aliphatic carbocycles. The second kappa shape index (κ2) is 9.96. The third-order valence-electron chi connectivity index (χ3n) is 4.33. The highest BCUT2D eigenvalue weighted by Crippen LogP contribution is 2.38. The van der Waals surface area contributed by atoms with Crippen molar-refractivity contribution in [3.8, 4) is 11.5 Å². The number of carbonyl (C=O) groups is 3. The van der Waals surface area contributed by atoms with Crippen LogP contribution in [0.2, 0.25) is 0 Å². The number of nitrogens with zero attached hydrogens (tertiary/aromatic N) is 2. The summed E-state index contributed by atoms with van der Waals surface area (Å²) in [7, 11) is 0. The van der Waals surface area contributed by atoms with E-state index in [-0.39, 0.29) is 28.5 Å². The van der Waals surface area contributed by atoms with Crippen molar-refractivity contribution >= 4 is 40.6 Å². The van der Waals surface area contributed by atoms with Gasteiger partial charge in [0.2, 0.25) is 0 Å². The van der Waals surface area contributed by atoms with Crippen LogP contribution >= 0.6 is 11.8 Å². The minimum Gasteiger partial charge on any atom is -0.490 e. The number of para-hydroxylation sites is 2. The number of carboxylic acids is 1. The molecule has 2 aromatic carbocycles. The topological polar surface area (TPSA) is 136 Å². The monoisotopic (exact) mass is 458 g/mol. The zero-order valence-electron chi connectivity index (χ0n) is 16.8. The van der Waals surface area contributed by atoms with Crippen molar-refractivity contribution in [3.63, 3.8) is 0 Å². The maximum Gasteiger partial charge on any atom is 0.341 e. The van der Waals surface area contributed by atoms with Crippen LogP contribution in [-0.4, -0.2) is 45.3 Å². The molecule has 1 aliphatic rings. The van der Waals surface area contributed by atoms with Crippen LogP contribution in [0.4, 0.5) is 10.5 Å². The van der Waals surface area contributed by atoms with Gasteiger partial charge in [-0.2, -0.15) is 0 Å². The molecule has 0 radical (unpaired) electrons. The average molecular weight is 458 g/mol. The van der Waals surface area contributed by atoms with Crippen LogP contribution in [0, 0.1) is 10.1 Å². The van der Waals surface area contributed by atoms with Crippen molar-refractivity contribution in [2.75, 3.05) is 13.2 Å². The molecule has 166 valence electrons. The van der Waals surface area contributed by atoms with Gasteiger partial charge in [-0.15, -0.1) is 0 Å². The Morgan fingerprint density at radius 3 is 2.62 bits per heavy atom. The highest BCUT2D eigenvalue weighted by atomic mass is 32.2. The maximum absolute atomic E-state index is 12.9. The lowest BCUT2D eigenvalue weighted by Crippen LogP contribution is -2.27. The molecule has 1 N–H and O–H groups in total. The van der Waals surface area contributed by atoms with E-state index in [1.165, 1.54) is 24.3 Å². The number of carbonyl (C=O) groups excluding carboxylic acids is 2. The van der Waals surface area contributed by atoms with E-state index in [0.29, 0.717) is 29.7 Å². The molecule has 32 heavy (non-hydrogen) atoms. The molecule has 0 spiro atoms. The second-order valence-electron chi connectivity index (χ2n) is 6.44. The molecule has 2 aromatic rings. The predicted octanol–water partition coefficient (Wildman–Crippen LogP) is 3.69. The van der Waals surface area contributed by atoms with Crippen molar-refractivity contribution < 1.29 is 33.9 Å². The number of aliphatic carboxylic acids is 1. The van der Waals surface area contributed by atoms with Gasteiger partial charge in [0.15, 0.2) is 18.1 Å². The first-order chi connectivity index (χ1) is 15.3. The molecule has 0 bridgehead atoms. The number of carboxylic acid groups (broad SMARTS) is 1. The number of nitro benzene ring substituents is 1. The van der Waals surface area contributed by atoms with E-state index in [2.05, 4.69) is 0 Å². The van der Waals surface area contributed by atoms with Gasteiger partial charge < -0.3 is 14.6 Å². The standard InChI is InChI=1S/C21H18N2O8S/c1-2-30-16-9-5-7-13(19(16)31-12-18(24)25)10-17-20(26)22(21(27)32-17)11-14-6-3-4-8-15(14)23(28)29/h3-10H,2,11-12H2,1H3,(H,24,25)/b17-10-. The predicted molar refractivity (Wildman–Crippen MR) is 115 cm³/mol. The Hall–Kier alpha value is -3.86. The quantitative estimate of drug-likeness (QED) is 0.339. The highest BCUT2D eigenvalue weighted by Gasteiger charge is 2.36. The number of hydrogen-bond donors (Lipinski definition) is 1. The van der Waals surface area contributed by atoms with Gasteiger partial charge in [0, 0.05) is 17.2 Å². The Kier molecular flexibility index (Phi) is 7.11. The molecule has 10 nitrogen and oxygen atoms in total. The van der Waals surface area contributed by atoms with Crippen LogP contribution in [0.1, 0.15) is 18.1 Å². The molecule has 3 rings (SSSR count). The first-order valence-electron chi connectivity index (χ1n) is 9.39. The highest BCUT2D eigenvalue weighted by molar-refractivity contribution is 8.18. The third kappa shape index (κ3) is 5.06. The second-order valence-corrected chi connectivity index (χ2v) is 7.44. The lowest BCUT2D eigenvalue weighted by Gasteiger charge is -2.14. The van der Waals surface area contributed by atoms with Crippen LogP contribution in [0.5, 0.6) is 11.5 Å². The summed E-state index contributed by atoms with van der Waals surface area (Å²) in [6, 6.07) is 10.7. The first kappa shape index (κ1) is 22.8. The van der Waals surface area contributed by atoms with Crippen molar-refractivity contribution in [1.29, 1.82) is 0 Å². The van der Waals surface area contributed by atoms with E-state index >= 15 is 0 Å². The van der Waals surface area contributed by atoms with E-state index < -0.39 is 28.6 Å². The number of benzene rings is 2. The summed E-state index contributed by atoms with van der Waals surface area (Å²) in [5, 5.41) is 19.6. The third-order valence-corrected chi connectivity index (χ3v) is 5.23. The first-order valence-corrected chi connectivity index (χ1v) is 10.2. The lowest BCUT2D eigenvalue weighted by molar-refractivity contribution is -0.385. The Bertz CT molecular complexity index is 1110. The molecule has 2 amide bonds. The van der Waals surface area contributed by atoms with Gasteiger partial charge in [0.05, 0.1) is 23.0 Å². The molecular weight excluding hydrogens is 440 g/mol. The molecular formula is C21H18N2O8S. The molecule has 0 saturated carbocycles.